The SMILES string of the molecule is COc1cc(C(=O)N2CCC(CO)CC2)ccc1-c1cc2nccc(-c3ccc(OC4CCOCC4)c(C#N)c3)c2o1. The van der Waals surface area contributed by atoms with E-state index >= 15 is 0 Å². The van der Waals surface area contributed by atoms with Gasteiger partial charge in [0.2, 0.25) is 0 Å². The normalized spacial score (nSPS) is 16.4. The molecule has 2 aromatic carbocycles. The summed E-state index contributed by atoms with van der Waals surface area (Å²) < 4.78 is 23.6. The molecule has 0 unspecified atom stereocenters. The Morgan fingerprint density at radius 3 is 2.60 bits per heavy atom. The van der Waals surface area contributed by atoms with Crippen LogP contribution in [0.1, 0.15) is 41.6 Å². The number of rotatable bonds is 7. The minimum atomic E-state index is -0.0534. The molecule has 0 bridgehead atoms. The number of aliphatic hydroxyl groups is 1. The summed E-state index contributed by atoms with van der Waals surface area (Å²) in [6.45, 7) is 2.74. The number of aromatic nitrogens is 1. The van der Waals surface area contributed by atoms with E-state index in [0.717, 1.165) is 36.8 Å². The van der Waals surface area contributed by atoms with E-state index in [-0.39, 0.29) is 24.5 Å². The zero-order valence-corrected chi connectivity index (χ0v) is 23.5. The van der Waals surface area contributed by atoms with E-state index in [1.807, 2.05) is 41.3 Å². The molecule has 2 aromatic heterocycles. The van der Waals surface area contributed by atoms with Gasteiger partial charge in [0, 0.05) is 55.9 Å². The third-order valence-electron chi connectivity index (χ3n) is 8.16. The minimum absolute atomic E-state index is 0.0344. The highest BCUT2D eigenvalue weighted by atomic mass is 16.5. The summed E-state index contributed by atoms with van der Waals surface area (Å²) in [5, 5.41) is 19.3. The summed E-state index contributed by atoms with van der Waals surface area (Å²) in [6, 6.07) is 16.9. The quantitative estimate of drug-likeness (QED) is 0.314. The van der Waals surface area contributed by atoms with Gasteiger partial charge < -0.3 is 28.6 Å². The van der Waals surface area contributed by atoms with E-state index < -0.39 is 0 Å². The molecule has 0 atom stereocenters. The Balaban J connectivity index is 1.28. The third kappa shape index (κ3) is 5.56. The van der Waals surface area contributed by atoms with Gasteiger partial charge in [-0.1, -0.05) is 6.07 Å². The molecule has 2 aliphatic rings. The van der Waals surface area contributed by atoms with Crippen molar-refractivity contribution in [1.29, 1.82) is 5.26 Å². The van der Waals surface area contributed by atoms with Gasteiger partial charge in [-0.05, 0) is 60.7 Å². The van der Waals surface area contributed by atoms with Gasteiger partial charge in [0.25, 0.3) is 5.91 Å². The van der Waals surface area contributed by atoms with Crippen molar-refractivity contribution in [2.45, 2.75) is 31.8 Å². The molecule has 0 aliphatic carbocycles. The number of amides is 1. The molecule has 42 heavy (non-hydrogen) atoms. The Bertz CT molecular complexity index is 1630. The number of benzene rings is 2. The molecule has 9 heteroatoms. The molecule has 2 fully saturated rings. The topological polar surface area (TPSA) is 118 Å². The second-order valence-electron chi connectivity index (χ2n) is 10.8. The lowest BCUT2D eigenvalue weighted by molar-refractivity contribution is 0.0254. The van der Waals surface area contributed by atoms with Crippen LogP contribution in [-0.4, -0.2) is 67.0 Å². The van der Waals surface area contributed by atoms with Crippen LogP contribution in [-0.2, 0) is 4.74 Å². The monoisotopic (exact) mass is 567 g/mol. The highest BCUT2D eigenvalue weighted by Gasteiger charge is 2.25. The number of hydrogen-bond donors (Lipinski definition) is 1. The van der Waals surface area contributed by atoms with E-state index in [1.54, 1.807) is 25.4 Å². The van der Waals surface area contributed by atoms with E-state index in [1.165, 1.54) is 0 Å². The number of carbonyl (C=O) groups is 1. The molecule has 0 radical (unpaired) electrons. The van der Waals surface area contributed by atoms with Gasteiger partial charge in [-0.15, -0.1) is 0 Å². The Hall–Kier alpha value is -4.39. The van der Waals surface area contributed by atoms with Gasteiger partial charge >= 0.3 is 0 Å². The molecule has 216 valence electrons. The first-order valence-corrected chi connectivity index (χ1v) is 14.3. The maximum Gasteiger partial charge on any atom is 0.253 e. The lowest BCUT2D eigenvalue weighted by Gasteiger charge is -2.31. The molecule has 4 heterocycles. The molecular formula is C33H33N3O6. The molecule has 0 saturated carbocycles. The molecule has 1 N–H and O–H groups in total. The summed E-state index contributed by atoms with van der Waals surface area (Å²) in [5.41, 5.74) is 4.57. The van der Waals surface area contributed by atoms with Crippen molar-refractivity contribution in [3.63, 3.8) is 0 Å². The summed E-state index contributed by atoms with van der Waals surface area (Å²) in [5.74, 6) is 1.85. The number of pyridine rings is 1. The first-order chi connectivity index (χ1) is 20.6. The molecule has 2 saturated heterocycles. The molecule has 1 amide bonds. The molecular weight excluding hydrogens is 534 g/mol. The van der Waals surface area contributed by atoms with Gasteiger partial charge in [0.15, 0.2) is 5.58 Å². The Morgan fingerprint density at radius 1 is 1.05 bits per heavy atom. The summed E-state index contributed by atoms with van der Waals surface area (Å²) in [7, 11) is 1.57. The van der Waals surface area contributed by atoms with Crippen molar-refractivity contribution in [1.82, 2.24) is 9.88 Å². The first kappa shape index (κ1) is 27.8. The summed E-state index contributed by atoms with van der Waals surface area (Å²) in [4.78, 5) is 19.5. The fourth-order valence-corrected chi connectivity index (χ4v) is 5.69. The lowest BCUT2D eigenvalue weighted by atomic mass is 9.97. The van der Waals surface area contributed by atoms with Crippen molar-refractivity contribution in [2.75, 3.05) is 40.0 Å². The fourth-order valence-electron chi connectivity index (χ4n) is 5.69. The van der Waals surface area contributed by atoms with Crippen molar-refractivity contribution in [2.24, 2.45) is 5.92 Å². The van der Waals surface area contributed by atoms with Crippen LogP contribution in [0.25, 0.3) is 33.6 Å². The minimum Gasteiger partial charge on any atom is -0.496 e. The first-order valence-electron chi connectivity index (χ1n) is 14.3. The van der Waals surface area contributed by atoms with Crippen LogP contribution in [0.2, 0.25) is 0 Å². The van der Waals surface area contributed by atoms with E-state index in [0.29, 0.717) is 71.4 Å². The number of fused-ring (bicyclic) bond motifs is 1. The average Bonchev–Trinajstić information content (AvgIpc) is 3.49. The maximum absolute atomic E-state index is 13.2. The van der Waals surface area contributed by atoms with Crippen molar-refractivity contribution >= 4 is 17.0 Å². The number of hydrogen-bond acceptors (Lipinski definition) is 8. The second kappa shape index (κ2) is 12.2. The zero-order chi connectivity index (χ0) is 29.1. The highest BCUT2D eigenvalue weighted by molar-refractivity contribution is 5.96. The number of methoxy groups -OCH3 is 1. The van der Waals surface area contributed by atoms with Crippen LogP contribution < -0.4 is 9.47 Å². The van der Waals surface area contributed by atoms with Gasteiger partial charge in [-0.2, -0.15) is 5.26 Å². The standard InChI is InChI=1S/C33H33N3O6/c1-39-30-17-23(33(38)36-12-7-21(20-37)8-13-36)2-4-27(30)31-18-28-32(42-31)26(6-11-35-28)22-3-5-29(24(16-22)19-34)41-25-9-14-40-15-10-25/h2-6,11,16-18,21,25,37H,7-10,12-15,20H2,1H3. The number of nitrogens with zero attached hydrogens (tertiary/aromatic N) is 3. The maximum atomic E-state index is 13.2. The van der Waals surface area contributed by atoms with Crippen molar-refractivity contribution in [3.05, 3.63) is 65.9 Å². The van der Waals surface area contributed by atoms with Gasteiger partial charge in [0.1, 0.15) is 34.9 Å². The summed E-state index contributed by atoms with van der Waals surface area (Å²) >= 11 is 0. The number of piperidine rings is 1. The summed E-state index contributed by atoms with van der Waals surface area (Å²) in [6.07, 6.45) is 4.95. The number of aliphatic hydroxyl groups excluding tert-OH is 1. The number of nitriles is 1. The lowest BCUT2D eigenvalue weighted by Crippen LogP contribution is -2.39. The highest BCUT2D eigenvalue weighted by Crippen LogP contribution is 2.39. The predicted octanol–water partition coefficient (Wildman–Crippen LogP) is 5.44. The molecule has 9 nitrogen and oxygen atoms in total. The van der Waals surface area contributed by atoms with Crippen LogP contribution in [0.4, 0.5) is 0 Å². The van der Waals surface area contributed by atoms with Crippen LogP contribution in [0.5, 0.6) is 11.5 Å². The predicted molar refractivity (Wildman–Crippen MR) is 156 cm³/mol. The van der Waals surface area contributed by atoms with Crippen molar-refractivity contribution < 1.29 is 28.5 Å². The van der Waals surface area contributed by atoms with E-state index in [4.69, 9.17) is 18.6 Å². The fraction of sp³-hybridized carbons (Fsp3) is 0.364. The average molecular weight is 568 g/mol. The third-order valence-corrected chi connectivity index (χ3v) is 8.16. The second-order valence-corrected chi connectivity index (χ2v) is 10.8. The van der Waals surface area contributed by atoms with Gasteiger partial charge in [-0.25, -0.2) is 0 Å². The largest absolute Gasteiger partial charge is 0.496 e. The van der Waals surface area contributed by atoms with Crippen LogP contribution in [0.15, 0.2) is 59.1 Å². The van der Waals surface area contributed by atoms with Crippen LogP contribution >= 0.6 is 0 Å². The Labute approximate surface area is 244 Å². The molecule has 0 spiro atoms. The Kier molecular flexibility index (Phi) is 8.08. The van der Waals surface area contributed by atoms with Gasteiger partial charge in [0.05, 0.1) is 31.5 Å². The van der Waals surface area contributed by atoms with E-state index in [9.17, 15) is 15.2 Å². The number of ether oxygens (including phenoxy) is 3. The number of carbonyl (C=O) groups excluding carboxylic acids is 1. The number of furan rings is 1. The zero-order valence-electron chi connectivity index (χ0n) is 23.5. The van der Waals surface area contributed by atoms with Crippen molar-refractivity contribution in [3.8, 4) is 40.0 Å². The molecule has 6 rings (SSSR count). The van der Waals surface area contributed by atoms with Crippen LogP contribution in [0, 0.1) is 17.2 Å². The Morgan fingerprint density at radius 2 is 1.86 bits per heavy atom. The molecule has 4 aromatic rings. The molecule has 2 aliphatic heterocycles. The van der Waals surface area contributed by atoms with E-state index in [2.05, 4.69) is 11.1 Å². The smallest absolute Gasteiger partial charge is 0.253 e. The van der Waals surface area contributed by atoms with Gasteiger partial charge in [-0.3, -0.25) is 9.78 Å². The van der Waals surface area contributed by atoms with Crippen LogP contribution in [0.3, 0.4) is 0 Å². The number of likely N-dealkylation sites (tertiary alicyclic amines) is 1.